The van der Waals surface area contributed by atoms with E-state index < -0.39 is 29.5 Å². The highest BCUT2D eigenvalue weighted by atomic mass is 16.5. The minimum Gasteiger partial charge on any atom is -0.483 e. The smallest absolute Gasteiger partial charge is 0.344 e. The minimum absolute atomic E-state index is 0.302. The van der Waals surface area contributed by atoms with Gasteiger partial charge in [-0.3, -0.25) is 9.59 Å². The molecule has 0 aliphatic rings. The van der Waals surface area contributed by atoms with Crippen molar-refractivity contribution >= 4 is 39.5 Å². The molecule has 168 valence electrons. The van der Waals surface area contributed by atoms with E-state index in [2.05, 4.69) is 10.6 Å². The van der Waals surface area contributed by atoms with Gasteiger partial charge in [0.05, 0.1) is 11.9 Å². The Kier molecular flexibility index (Phi) is 6.77. The lowest BCUT2D eigenvalue weighted by atomic mass is 10.0. The molecule has 0 radical (unpaired) electrons. The average Bonchev–Trinajstić information content (AvgIpc) is 2.76. The van der Waals surface area contributed by atoms with E-state index in [1.165, 1.54) is 0 Å². The van der Waals surface area contributed by atoms with Crippen LogP contribution >= 0.6 is 0 Å². The molecule has 0 aliphatic heterocycles. The number of fused-ring (bicyclic) bond motifs is 3. The molecule has 3 aromatic rings. The molecule has 0 unspecified atom stereocenters. The Hall–Kier alpha value is -3.88. The van der Waals surface area contributed by atoms with Gasteiger partial charge in [0.1, 0.15) is 17.4 Å². The number of nitrogens with one attached hydrogen (secondary N) is 2. The third-order valence-corrected chi connectivity index (χ3v) is 5.04. The van der Waals surface area contributed by atoms with Crippen LogP contribution in [-0.2, 0) is 14.4 Å². The van der Waals surface area contributed by atoms with Crippen LogP contribution in [0.2, 0.25) is 0 Å². The standard InChI is InChI=1S/C23H24N2O7/c1-12(2)20(22(28)29)25-18(26)10-24-19(27)11-31-17-9-8-15-14-6-4-5-7-16(14)23(30)32-21(15)13(17)3/h4-9,12,20H,10-11H2,1-3H3,(H,24,27)(H,25,26)(H,28,29)/t20-/m1/s1. The van der Waals surface area contributed by atoms with E-state index in [4.69, 9.17) is 14.3 Å². The Morgan fingerprint density at radius 1 is 1.03 bits per heavy atom. The molecule has 0 saturated carbocycles. The molecule has 0 saturated heterocycles. The van der Waals surface area contributed by atoms with Gasteiger partial charge in [0.15, 0.2) is 6.61 Å². The fraction of sp³-hybridized carbons (Fsp3) is 0.304. The van der Waals surface area contributed by atoms with Crippen LogP contribution in [-0.4, -0.2) is 42.1 Å². The highest BCUT2D eigenvalue weighted by Crippen LogP contribution is 2.30. The van der Waals surface area contributed by atoms with Gasteiger partial charge in [-0.15, -0.1) is 0 Å². The first-order valence-electron chi connectivity index (χ1n) is 10.1. The summed E-state index contributed by atoms with van der Waals surface area (Å²) in [5, 5.41) is 15.8. The molecule has 2 amide bonds. The second-order valence-corrected chi connectivity index (χ2v) is 7.69. The van der Waals surface area contributed by atoms with Gasteiger partial charge in [-0.05, 0) is 36.4 Å². The van der Waals surface area contributed by atoms with E-state index >= 15 is 0 Å². The van der Waals surface area contributed by atoms with Gasteiger partial charge >= 0.3 is 11.6 Å². The van der Waals surface area contributed by atoms with Crippen LogP contribution in [0.25, 0.3) is 21.7 Å². The fourth-order valence-corrected chi connectivity index (χ4v) is 3.33. The molecule has 3 rings (SSSR count). The van der Waals surface area contributed by atoms with Crippen molar-refractivity contribution in [1.29, 1.82) is 0 Å². The van der Waals surface area contributed by atoms with E-state index in [0.29, 0.717) is 22.3 Å². The summed E-state index contributed by atoms with van der Waals surface area (Å²) in [7, 11) is 0. The first-order chi connectivity index (χ1) is 15.2. The Morgan fingerprint density at radius 3 is 2.38 bits per heavy atom. The van der Waals surface area contributed by atoms with Crippen molar-refractivity contribution in [3.63, 3.8) is 0 Å². The first kappa shape index (κ1) is 22.8. The SMILES string of the molecule is Cc1c(OCC(=O)NCC(=O)N[C@@H](C(=O)O)C(C)C)ccc2c1oc(=O)c1ccccc12. The van der Waals surface area contributed by atoms with Gasteiger partial charge in [0.25, 0.3) is 5.91 Å². The molecule has 2 aromatic carbocycles. The van der Waals surface area contributed by atoms with Crippen molar-refractivity contribution in [1.82, 2.24) is 10.6 Å². The van der Waals surface area contributed by atoms with Crippen LogP contribution in [0.1, 0.15) is 19.4 Å². The number of rotatable bonds is 8. The van der Waals surface area contributed by atoms with E-state index in [9.17, 15) is 19.2 Å². The summed E-state index contributed by atoms with van der Waals surface area (Å²) in [4.78, 5) is 47.4. The maximum Gasteiger partial charge on any atom is 0.344 e. The van der Waals surface area contributed by atoms with Crippen LogP contribution in [0.5, 0.6) is 5.75 Å². The molecule has 3 N–H and O–H groups in total. The molecular formula is C23H24N2O7. The molecule has 32 heavy (non-hydrogen) atoms. The van der Waals surface area contributed by atoms with Crippen molar-refractivity contribution in [2.24, 2.45) is 5.92 Å². The van der Waals surface area contributed by atoms with Gasteiger partial charge in [-0.1, -0.05) is 32.0 Å². The zero-order valence-corrected chi connectivity index (χ0v) is 17.9. The molecule has 0 fully saturated rings. The summed E-state index contributed by atoms with van der Waals surface area (Å²) >= 11 is 0. The predicted molar refractivity (Wildman–Crippen MR) is 118 cm³/mol. The van der Waals surface area contributed by atoms with Crippen molar-refractivity contribution < 1.29 is 28.6 Å². The quantitative estimate of drug-likeness (QED) is 0.360. The predicted octanol–water partition coefficient (Wildman–Crippen LogP) is 1.98. The lowest BCUT2D eigenvalue weighted by molar-refractivity contribution is -0.143. The van der Waals surface area contributed by atoms with Crippen LogP contribution in [0.4, 0.5) is 0 Å². The van der Waals surface area contributed by atoms with E-state index in [0.717, 1.165) is 10.8 Å². The topological polar surface area (TPSA) is 135 Å². The molecule has 0 bridgehead atoms. The molecule has 9 heteroatoms. The second-order valence-electron chi connectivity index (χ2n) is 7.69. The molecule has 0 spiro atoms. The largest absolute Gasteiger partial charge is 0.483 e. The number of aryl methyl sites for hydroxylation is 1. The summed E-state index contributed by atoms with van der Waals surface area (Å²) < 4.78 is 11.0. The molecule has 0 aliphatic carbocycles. The minimum atomic E-state index is -1.14. The lowest BCUT2D eigenvalue weighted by Crippen LogP contribution is -2.48. The number of hydrogen-bond acceptors (Lipinski definition) is 6. The fourth-order valence-electron chi connectivity index (χ4n) is 3.33. The second kappa shape index (κ2) is 9.51. The zero-order chi connectivity index (χ0) is 23.4. The number of carboxylic acids is 1. The van der Waals surface area contributed by atoms with Crippen LogP contribution in [0.15, 0.2) is 45.6 Å². The Bertz CT molecular complexity index is 1250. The van der Waals surface area contributed by atoms with E-state index in [-0.39, 0.29) is 19.1 Å². The van der Waals surface area contributed by atoms with Crippen LogP contribution < -0.4 is 21.0 Å². The van der Waals surface area contributed by atoms with Gasteiger partial charge in [-0.25, -0.2) is 9.59 Å². The van der Waals surface area contributed by atoms with E-state index in [1.54, 1.807) is 45.0 Å². The third kappa shape index (κ3) is 4.88. The molecule has 1 heterocycles. The number of hydrogen-bond donors (Lipinski definition) is 3. The Balaban J connectivity index is 1.65. The average molecular weight is 440 g/mol. The highest BCUT2D eigenvalue weighted by molar-refractivity contribution is 6.05. The van der Waals surface area contributed by atoms with Gasteiger partial charge in [0.2, 0.25) is 5.91 Å². The number of carbonyl (C=O) groups excluding carboxylic acids is 2. The Morgan fingerprint density at radius 2 is 1.72 bits per heavy atom. The molecule has 1 atom stereocenters. The summed E-state index contributed by atoms with van der Waals surface area (Å²) in [6.07, 6.45) is 0. The first-order valence-corrected chi connectivity index (χ1v) is 10.1. The summed E-state index contributed by atoms with van der Waals surface area (Å²) in [5.41, 5.74) is 0.481. The number of ether oxygens (including phenoxy) is 1. The summed E-state index contributed by atoms with van der Waals surface area (Å²) in [6, 6.07) is 9.53. The van der Waals surface area contributed by atoms with Crippen molar-refractivity contribution in [3.05, 3.63) is 52.4 Å². The summed E-state index contributed by atoms with van der Waals surface area (Å²) in [6.45, 7) is 4.31. The number of carboxylic acid groups (broad SMARTS) is 1. The molecular weight excluding hydrogens is 416 g/mol. The number of amides is 2. The monoisotopic (exact) mass is 440 g/mol. The number of benzene rings is 2. The van der Waals surface area contributed by atoms with Gasteiger partial charge in [0, 0.05) is 10.9 Å². The summed E-state index contributed by atoms with van der Waals surface area (Å²) in [5.74, 6) is -2.26. The number of aliphatic carboxylic acids is 1. The van der Waals surface area contributed by atoms with Crippen LogP contribution in [0.3, 0.4) is 0 Å². The van der Waals surface area contributed by atoms with E-state index in [1.807, 2.05) is 12.1 Å². The molecule has 1 aromatic heterocycles. The maximum atomic E-state index is 12.3. The van der Waals surface area contributed by atoms with Crippen LogP contribution in [0, 0.1) is 12.8 Å². The molecule has 9 nitrogen and oxygen atoms in total. The van der Waals surface area contributed by atoms with Gasteiger partial charge in [-0.2, -0.15) is 0 Å². The highest BCUT2D eigenvalue weighted by Gasteiger charge is 2.23. The van der Waals surface area contributed by atoms with Crippen molar-refractivity contribution in [3.8, 4) is 5.75 Å². The zero-order valence-electron chi connectivity index (χ0n) is 17.9. The lowest BCUT2D eigenvalue weighted by Gasteiger charge is -2.18. The van der Waals surface area contributed by atoms with Crippen molar-refractivity contribution in [2.45, 2.75) is 26.8 Å². The number of carbonyl (C=O) groups is 3. The Labute approximate surface area is 183 Å². The third-order valence-electron chi connectivity index (χ3n) is 5.04. The normalized spacial score (nSPS) is 12.0. The van der Waals surface area contributed by atoms with Crippen molar-refractivity contribution in [2.75, 3.05) is 13.2 Å². The maximum absolute atomic E-state index is 12.3. The van der Waals surface area contributed by atoms with Gasteiger partial charge < -0.3 is 24.9 Å².